The molecular weight excluding hydrogens is 242 g/mol. The summed E-state index contributed by atoms with van der Waals surface area (Å²) in [5, 5.41) is 0.853. The maximum absolute atomic E-state index is 11.3. The summed E-state index contributed by atoms with van der Waals surface area (Å²) < 4.78 is 0. The molecule has 0 saturated carbocycles. The van der Waals surface area contributed by atoms with E-state index in [0.29, 0.717) is 5.56 Å². The second-order valence-corrected chi connectivity index (χ2v) is 5.38. The van der Waals surface area contributed by atoms with Crippen LogP contribution in [0.1, 0.15) is 28.4 Å². The van der Waals surface area contributed by atoms with Crippen molar-refractivity contribution in [1.82, 2.24) is 4.98 Å². The minimum atomic E-state index is 0.0688. The van der Waals surface area contributed by atoms with E-state index in [4.69, 9.17) is 0 Å². The van der Waals surface area contributed by atoms with Crippen LogP contribution in [0.25, 0.3) is 0 Å². The van der Waals surface area contributed by atoms with Crippen molar-refractivity contribution in [1.29, 1.82) is 0 Å². The Labute approximate surface area is 111 Å². The highest BCUT2D eigenvalue weighted by Gasteiger charge is 2.04. The largest absolute Gasteiger partial charge is 0.295 e. The van der Waals surface area contributed by atoms with Crippen LogP contribution in [0.2, 0.25) is 0 Å². The molecule has 2 aromatic rings. The van der Waals surface area contributed by atoms with E-state index < -0.39 is 0 Å². The number of carbonyl (C=O) groups excluding carboxylic acids is 1. The van der Waals surface area contributed by atoms with E-state index in [2.05, 4.69) is 37.0 Å². The molecule has 0 fully saturated rings. The zero-order chi connectivity index (χ0) is 13.1. The third kappa shape index (κ3) is 2.99. The summed E-state index contributed by atoms with van der Waals surface area (Å²) in [5.74, 6) is 0.0688. The lowest BCUT2D eigenvalue weighted by atomic mass is 10.1. The van der Waals surface area contributed by atoms with Gasteiger partial charge in [0.25, 0.3) is 0 Å². The van der Waals surface area contributed by atoms with E-state index in [9.17, 15) is 4.79 Å². The number of rotatable bonds is 3. The highest BCUT2D eigenvalue weighted by atomic mass is 32.2. The Bertz CT molecular complexity index is 593. The second-order valence-electron chi connectivity index (χ2n) is 4.29. The van der Waals surface area contributed by atoms with Gasteiger partial charge in [-0.25, -0.2) is 4.98 Å². The predicted molar refractivity (Wildman–Crippen MR) is 74.3 cm³/mol. The van der Waals surface area contributed by atoms with Gasteiger partial charge in [-0.05, 0) is 56.2 Å². The molecule has 0 amide bonds. The highest BCUT2D eigenvalue weighted by Crippen LogP contribution is 2.27. The van der Waals surface area contributed by atoms with Crippen molar-refractivity contribution in [3.05, 3.63) is 53.2 Å². The molecule has 0 bridgehead atoms. The number of benzene rings is 1. The van der Waals surface area contributed by atoms with Gasteiger partial charge in [0.15, 0.2) is 5.78 Å². The number of Topliss-reactive ketones (excluding diaryl/α,β-unsaturated/α-hetero) is 1. The maximum atomic E-state index is 11.3. The first kappa shape index (κ1) is 12.8. The molecular formula is C15H15NOS. The van der Waals surface area contributed by atoms with Crippen LogP contribution in [0.5, 0.6) is 0 Å². The fraction of sp³-hybridized carbons (Fsp3) is 0.200. The van der Waals surface area contributed by atoms with Gasteiger partial charge in [-0.3, -0.25) is 4.79 Å². The van der Waals surface area contributed by atoms with Crippen LogP contribution in [-0.4, -0.2) is 10.8 Å². The Kier molecular flexibility index (Phi) is 3.82. The fourth-order valence-corrected chi connectivity index (χ4v) is 2.50. The summed E-state index contributed by atoms with van der Waals surface area (Å²) >= 11 is 1.58. The fourth-order valence-electron chi connectivity index (χ4n) is 1.58. The monoisotopic (exact) mass is 257 g/mol. The van der Waals surface area contributed by atoms with Crippen LogP contribution < -0.4 is 0 Å². The Morgan fingerprint density at radius 2 is 1.89 bits per heavy atom. The van der Waals surface area contributed by atoms with E-state index in [-0.39, 0.29) is 5.78 Å². The van der Waals surface area contributed by atoms with Gasteiger partial charge in [0.05, 0.1) is 0 Å². The minimum Gasteiger partial charge on any atom is -0.295 e. The van der Waals surface area contributed by atoms with Crippen molar-refractivity contribution in [2.24, 2.45) is 0 Å². The van der Waals surface area contributed by atoms with Crippen LogP contribution in [0.15, 0.2) is 46.5 Å². The predicted octanol–water partition coefficient (Wildman–Crippen LogP) is 4.05. The molecule has 2 nitrogen and oxygen atoms in total. The molecule has 0 aliphatic rings. The number of hydrogen-bond donors (Lipinski definition) is 0. The molecule has 0 saturated heterocycles. The zero-order valence-electron chi connectivity index (χ0n) is 10.7. The molecule has 92 valence electrons. The Balaban J connectivity index is 2.25. The molecule has 2 rings (SSSR count). The summed E-state index contributed by atoms with van der Waals surface area (Å²) in [6, 6.07) is 9.90. The molecule has 0 N–H and O–H groups in total. The van der Waals surface area contributed by atoms with Crippen molar-refractivity contribution in [3.63, 3.8) is 0 Å². The normalized spacial score (nSPS) is 10.4. The lowest BCUT2D eigenvalue weighted by Crippen LogP contribution is -1.93. The first-order chi connectivity index (χ1) is 8.56. The highest BCUT2D eigenvalue weighted by molar-refractivity contribution is 7.99. The average Bonchev–Trinajstić information content (AvgIpc) is 2.34. The number of aromatic nitrogens is 1. The minimum absolute atomic E-state index is 0.0688. The number of hydrogen-bond acceptors (Lipinski definition) is 3. The molecule has 0 atom stereocenters. The van der Waals surface area contributed by atoms with Gasteiger partial charge in [0.1, 0.15) is 5.03 Å². The second kappa shape index (κ2) is 5.36. The quantitative estimate of drug-likeness (QED) is 0.777. The molecule has 0 radical (unpaired) electrons. The van der Waals surface area contributed by atoms with Crippen molar-refractivity contribution in [2.45, 2.75) is 30.7 Å². The van der Waals surface area contributed by atoms with Crippen LogP contribution in [0.4, 0.5) is 0 Å². The molecule has 18 heavy (non-hydrogen) atoms. The van der Waals surface area contributed by atoms with Gasteiger partial charge < -0.3 is 0 Å². The third-order valence-corrected chi connectivity index (χ3v) is 3.76. The van der Waals surface area contributed by atoms with Crippen LogP contribution in [0, 0.1) is 13.8 Å². The average molecular weight is 257 g/mol. The number of pyridine rings is 1. The lowest BCUT2D eigenvalue weighted by Gasteiger charge is -2.05. The van der Waals surface area contributed by atoms with Crippen molar-refractivity contribution >= 4 is 17.5 Å². The number of carbonyl (C=O) groups is 1. The summed E-state index contributed by atoms with van der Waals surface area (Å²) in [7, 11) is 0. The first-order valence-corrected chi connectivity index (χ1v) is 6.60. The van der Waals surface area contributed by atoms with Gasteiger partial charge >= 0.3 is 0 Å². The molecule has 0 unspecified atom stereocenters. The van der Waals surface area contributed by atoms with Gasteiger partial charge in [-0.2, -0.15) is 0 Å². The summed E-state index contributed by atoms with van der Waals surface area (Å²) in [4.78, 5) is 16.7. The maximum Gasteiger partial charge on any atom is 0.159 e. The van der Waals surface area contributed by atoms with E-state index in [0.717, 1.165) is 9.92 Å². The summed E-state index contributed by atoms with van der Waals surface area (Å²) in [5.41, 5.74) is 3.25. The Morgan fingerprint density at radius 3 is 2.56 bits per heavy atom. The SMILES string of the molecule is CC(=O)c1ccnc(Sc2ccc(C)c(C)c2)c1. The van der Waals surface area contributed by atoms with Gasteiger partial charge in [-0.15, -0.1) is 0 Å². The van der Waals surface area contributed by atoms with Crippen molar-refractivity contribution in [2.75, 3.05) is 0 Å². The molecule has 0 aliphatic heterocycles. The zero-order valence-corrected chi connectivity index (χ0v) is 11.5. The molecule has 1 aromatic heterocycles. The molecule has 1 heterocycles. The Hall–Kier alpha value is -1.61. The Morgan fingerprint density at radius 1 is 1.11 bits per heavy atom. The van der Waals surface area contributed by atoms with E-state index in [1.165, 1.54) is 11.1 Å². The molecule has 3 heteroatoms. The van der Waals surface area contributed by atoms with Gasteiger partial charge in [0, 0.05) is 16.7 Å². The van der Waals surface area contributed by atoms with Crippen LogP contribution in [-0.2, 0) is 0 Å². The van der Waals surface area contributed by atoms with Crippen molar-refractivity contribution < 1.29 is 4.79 Å². The van der Waals surface area contributed by atoms with Crippen LogP contribution >= 0.6 is 11.8 Å². The smallest absolute Gasteiger partial charge is 0.159 e. The molecule has 1 aromatic carbocycles. The summed E-state index contributed by atoms with van der Waals surface area (Å²) in [6.07, 6.45) is 1.68. The molecule has 0 aliphatic carbocycles. The van der Waals surface area contributed by atoms with E-state index >= 15 is 0 Å². The van der Waals surface area contributed by atoms with E-state index in [1.807, 2.05) is 6.07 Å². The van der Waals surface area contributed by atoms with E-state index in [1.54, 1.807) is 30.9 Å². The number of nitrogens with zero attached hydrogens (tertiary/aromatic N) is 1. The standard InChI is InChI=1S/C15H15NOS/c1-10-4-5-14(8-11(10)2)18-15-9-13(12(3)17)6-7-16-15/h4-9H,1-3H3. The number of ketones is 1. The van der Waals surface area contributed by atoms with Gasteiger partial charge in [-0.1, -0.05) is 17.8 Å². The first-order valence-electron chi connectivity index (χ1n) is 5.78. The number of aryl methyl sites for hydroxylation is 2. The topological polar surface area (TPSA) is 30.0 Å². The third-order valence-electron chi connectivity index (χ3n) is 2.84. The van der Waals surface area contributed by atoms with Crippen molar-refractivity contribution in [3.8, 4) is 0 Å². The van der Waals surface area contributed by atoms with Crippen LogP contribution in [0.3, 0.4) is 0 Å². The molecule has 0 spiro atoms. The lowest BCUT2D eigenvalue weighted by molar-refractivity contribution is 0.101. The summed E-state index contributed by atoms with van der Waals surface area (Å²) in [6.45, 7) is 5.76. The van der Waals surface area contributed by atoms with Gasteiger partial charge in [0.2, 0.25) is 0 Å².